The van der Waals surface area contributed by atoms with Crippen LogP contribution >= 0.6 is 0 Å². The van der Waals surface area contributed by atoms with Crippen LogP contribution in [0, 0.1) is 6.92 Å². The number of aromatic nitrogens is 3. The Morgan fingerprint density at radius 3 is 2.74 bits per heavy atom. The molecule has 1 aromatic carbocycles. The standard InChI is InChI=1S/C18H18N4O/c1-11-9-17(22(2)21-11)20-18(23)14-10-16(12-7-8-12)19-15-6-4-3-5-13(14)15/h3-6,9-10,12H,7-8H2,1-2H3,(H,20,23). The summed E-state index contributed by atoms with van der Waals surface area (Å²) in [6.45, 7) is 1.91. The number of nitrogens with one attached hydrogen (secondary N) is 1. The number of nitrogens with zero attached hydrogens (tertiary/aromatic N) is 3. The van der Waals surface area contributed by atoms with Crippen LogP contribution in [0.1, 0.15) is 40.5 Å². The number of carbonyl (C=O) groups excluding carboxylic acids is 1. The predicted molar refractivity (Wildman–Crippen MR) is 89.6 cm³/mol. The minimum Gasteiger partial charge on any atom is -0.307 e. The molecule has 0 bridgehead atoms. The Hall–Kier alpha value is -2.69. The number of hydrogen-bond donors (Lipinski definition) is 1. The van der Waals surface area contributed by atoms with Crippen molar-refractivity contribution in [1.82, 2.24) is 14.8 Å². The number of pyridine rings is 1. The topological polar surface area (TPSA) is 59.8 Å². The molecule has 4 rings (SSSR count). The zero-order valence-corrected chi connectivity index (χ0v) is 13.2. The summed E-state index contributed by atoms with van der Waals surface area (Å²) in [5.41, 5.74) is 3.45. The maximum absolute atomic E-state index is 12.8. The van der Waals surface area contributed by atoms with Gasteiger partial charge in [-0.15, -0.1) is 0 Å². The van der Waals surface area contributed by atoms with Gasteiger partial charge in [0.25, 0.3) is 5.91 Å². The van der Waals surface area contributed by atoms with Gasteiger partial charge < -0.3 is 5.32 Å². The first-order chi connectivity index (χ1) is 11.1. The fourth-order valence-electron chi connectivity index (χ4n) is 2.88. The quantitative estimate of drug-likeness (QED) is 0.806. The highest BCUT2D eigenvalue weighted by Gasteiger charge is 2.27. The summed E-state index contributed by atoms with van der Waals surface area (Å²) in [6, 6.07) is 11.6. The van der Waals surface area contributed by atoms with Crippen molar-refractivity contribution in [2.45, 2.75) is 25.7 Å². The van der Waals surface area contributed by atoms with Crippen molar-refractivity contribution in [3.8, 4) is 0 Å². The van der Waals surface area contributed by atoms with Crippen LogP contribution in [0.5, 0.6) is 0 Å². The third kappa shape index (κ3) is 2.59. The summed E-state index contributed by atoms with van der Waals surface area (Å²) in [4.78, 5) is 17.5. The number of amides is 1. The summed E-state index contributed by atoms with van der Waals surface area (Å²) in [5, 5.41) is 8.11. The minimum absolute atomic E-state index is 0.117. The van der Waals surface area contributed by atoms with Crippen LogP contribution in [-0.2, 0) is 7.05 Å². The molecule has 5 heteroatoms. The number of anilines is 1. The molecule has 1 fully saturated rings. The Balaban J connectivity index is 1.77. The Morgan fingerprint density at radius 1 is 1.26 bits per heavy atom. The first-order valence-corrected chi connectivity index (χ1v) is 7.83. The predicted octanol–water partition coefficient (Wildman–Crippen LogP) is 3.41. The SMILES string of the molecule is Cc1cc(NC(=O)c2cc(C3CC3)nc3ccccc23)n(C)n1. The normalized spacial score (nSPS) is 14.2. The van der Waals surface area contributed by atoms with Crippen molar-refractivity contribution in [1.29, 1.82) is 0 Å². The van der Waals surface area contributed by atoms with Gasteiger partial charge in [-0.05, 0) is 31.9 Å². The first-order valence-electron chi connectivity index (χ1n) is 7.83. The lowest BCUT2D eigenvalue weighted by Gasteiger charge is -2.10. The van der Waals surface area contributed by atoms with Crippen molar-refractivity contribution >= 4 is 22.6 Å². The summed E-state index contributed by atoms with van der Waals surface area (Å²) in [7, 11) is 1.82. The molecule has 2 aromatic heterocycles. The average molecular weight is 306 g/mol. The summed E-state index contributed by atoms with van der Waals surface area (Å²) >= 11 is 0. The second-order valence-corrected chi connectivity index (χ2v) is 6.13. The molecule has 0 unspecified atom stereocenters. The van der Waals surface area contributed by atoms with Gasteiger partial charge in [0.15, 0.2) is 0 Å². The first kappa shape index (κ1) is 13.9. The maximum Gasteiger partial charge on any atom is 0.257 e. The number of hydrogen-bond acceptors (Lipinski definition) is 3. The summed E-state index contributed by atoms with van der Waals surface area (Å²) < 4.78 is 1.68. The van der Waals surface area contributed by atoms with E-state index in [1.165, 1.54) is 0 Å². The smallest absolute Gasteiger partial charge is 0.257 e. The molecule has 0 atom stereocenters. The van der Waals surface area contributed by atoms with Crippen molar-refractivity contribution in [3.05, 3.63) is 53.3 Å². The van der Waals surface area contributed by atoms with Gasteiger partial charge in [-0.3, -0.25) is 14.5 Å². The Labute approximate surface area is 134 Å². The molecule has 0 aliphatic heterocycles. The van der Waals surface area contributed by atoms with Crippen molar-refractivity contribution in [2.24, 2.45) is 7.05 Å². The monoisotopic (exact) mass is 306 g/mol. The molecule has 1 aliphatic carbocycles. The van der Waals surface area contributed by atoms with Crippen molar-refractivity contribution in [2.75, 3.05) is 5.32 Å². The third-order valence-electron chi connectivity index (χ3n) is 4.22. The van der Waals surface area contributed by atoms with Gasteiger partial charge in [-0.2, -0.15) is 5.10 Å². The fraction of sp³-hybridized carbons (Fsp3) is 0.278. The van der Waals surface area contributed by atoms with E-state index in [0.29, 0.717) is 17.3 Å². The number of fused-ring (bicyclic) bond motifs is 1. The molecule has 1 saturated carbocycles. The second-order valence-electron chi connectivity index (χ2n) is 6.13. The molecular formula is C18H18N4O. The van der Waals surface area contributed by atoms with Crippen molar-refractivity contribution in [3.63, 3.8) is 0 Å². The van der Waals surface area contributed by atoms with Gasteiger partial charge >= 0.3 is 0 Å². The Morgan fingerprint density at radius 2 is 2.04 bits per heavy atom. The van der Waals surface area contributed by atoms with E-state index in [4.69, 9.17) is 4.98 Å². The van der Waals surface area contributed by atoms with Gasteiger partial charge in [0.2, 0.25) is 0 Å². The fourth-order valence-corrected chi connectivity index (χ4v) is 2.88. The highest BCUT2D eigenvalue weighted by atomic mass is 16.1. The van der Waals surface area contributed by atoms with Gasteiger partial charge in [-0.1, -0.05) is 18.2 Å². The van der Waals surface area contributed by atoms with E-state index >= 15 is 0 Å². The highest BCUT2D eigenvalue weighted by Crippen LogP contribution is 2.40. The van der Waals surface area contributed by atoms with Crippen LogP contribution in [0.3, 0.4) is 0 Å². The van der Waals surface area contributed by atoms with Gasteiger partial charge in [0, 0.05) is 30.1 Å². The molecule has 0 spiro atoms. The lowest BCUT2D eigenvalue weighted by molar-refractivity contribution is 0.102. The molecule has 0 saturated heterocycles. The summed E-state index contributed by atoms with van der Waals surface area (Å²) in [5.74, 6) is 1.08. The van der Waals surface area contributed by atoms with Crippen LogP contribution < -0.4 is 5.32 Å². The van der Waals surface area contributed by atoms with Gasteiger partial charge in [0.05, 0.1) is 16.8 Å². The molecule has 3 aromatic rings. The number of rotatable bonds is 3. The summed E-state index contributed by atoms with van der Waals surface area (Å²) in [6.07, 6.45) is 2.32. The van der Waals surface area contributed by atoms with Crippen LogP contribution in [0.15, 0.2) is 36.4 Å². The van der Waals surface area contributed by atoms with E-state index in [9.17, 15) is 4.79 Å². The third-order valence-corrected chi connectivity index (χ3v) is 4.22. The van der Waals surface area contributed by atoms with E-state index in [0.717, 1.165) is 35.1 Å². The van der Waals surface area contributed by atoms with Crippen LogP contribution in [-0.4, -0.2) is 20.7 Å². The molecule has 0 radical (unpaired) electrons. The molecule has 23 heavy (non-hydrogen) atoms. The van der Waals surface area contributed by atoms with Crippen LogP contribution in [0.4, 0.5) is 5.82 Å². The number of para-hydroxylation sites is 1. The number of carbonyl (C=O) groups is 1. The lowest BCUT2D eigenvalue weighted by atomic mass is 10.1. The molecule has 2 heterocycles. The van der Waals surface area contributed by atoms with E-state index < -0.39 is 0 Å². The van der Waals surface area contributed by atoms with Gasteiger partial charge in [0.1, 0.15) is 5.82 Å². The zero-order valence-electron chi connectivity index (χ0n) is 13.2. The largest absolute Gasteiger partial charge is 0.307 e. The lowest BCUT2D eigenvalue weighted by Crippen LogP contribution is -2.15. The molecule has 1 aliphatic rings. The Bertz CT molecular complexity index is 909. The number of aryl methyl sites for hydroxylation is 2. The van der Waals surface area contributed by atoms with E-state index in [2.05, 4.69) is 10.4 Å². The molecule has 5 nitrogen and oxygen atoms in total. The average Bonchev–Trinajstić information content (AvgIpc) is 3.33. The molecule has 116 valence electrons. The van der Waals surface area contributed by atoms with E-state index in [1.807, 2.05) is 50.4 Å². The van der Waals surface area contributed by atoms with E-state index in [1.54, 1.807) is 4.68 Å². The highest BCUT2D eigenvalue weighted by molar-refractivity contribution is 6.12. The Kier molecular flexibility index (Phi) is 3.15. The molecular weight excluding hydrogens is 288 g/mol. The van der Waals surface area contributed by atoms with Crippen molar-refractivity contribution < 1.29 is 4.79 Å². The number of benzene rings is 1. The van der Waals surface area contributed by atoms with E-state index in [-0.39, 0.29) is 5.91 Å². The molecule has 1 amide bonds. The molecule has 1 N–H and O–H groups in total. The van der Waals surface area contributed by atoms with Gasteiger partial charge in [-0.25, -0.2) is 0 Å². The minimum atomic E-state index is -0.117. The van der Waals surface area contributed by atoms with Crippen LogP contribution in [0.25, 0.3) is 10.9 Å². The zero-order chi connectivity index (χ0) is 16.0. The van der Waals surface area contributed by atoms with Crippen LogP contribution in [0.2, 0.25) is 0 Å². The maximum atomic E-state index is 12.8. The second kappa shape index (κ2) is 5.19.